The van der Waals surface area contributed by atoms with Gasteiger partial charge in [0.25, 0.3) is 11.7 Å². The number of carbonyl (C=O) groups is 2. The monoisotopic (exact) mass is 646 g/mol. The summed E-state index contributed by atoms with van der Waals surface area (Å²) in [5.74, 6) is -3.16. The third-order valence-corrected chi connectivity index (χ3v) is 6.98. The van der Waals surface area contributed by atoms with E-state index in [0.717, 1.165) is 16.3 Å². The molecule has 0 atom stereocenters. The minimum atomic E-state index is -4.80. The van der Waals surface area contributed by atoms with E-state index in [1.807, 2.05) is 0 Å². The molecule has 44 heavy (non-hydrogen) atoms. The van der Waals surface area contributed by atoms with Crippen molar-refractivity contribution in [1.82, 2.24) is 40.3 Å². The summed E-state index contributed by atoms with van der Waals surface area (Å²) in [6, 6.07) is 13.7. The number of ketones is 1. The lowest BCUT2D eigenvalue weighted by molar-refractivity contribution is -0.145. The van der Waals surface area contributed by atoms with Crippen LogP contribution in [0.5, 0.6) is 0 Å². The molecule has 5 rings (SSSR count). The highest BCUT2D eigenvalue weighted by Crippen LogP contribution is 2.26. The molecular weight excluding hydrogens is 627 g/mol. The summed E-state index contributed by atoms with van der Waals surface area (Å²) in [5.41, 5.74) is 1.03. The van der Waals surface area contributed by atoms with Gasteiger partial charge >= 0.3 is 6.18 Å². The number of benzene rings is 2. The van der Waals surface area contributed by atoms with Crippen molar-refractivity contribution in [3.8, 4) is 5.82 Å². The predicted molar refractivity (Wildman–Crippen MR) is 150 cm³/mol. The van der Waals surface area contributed by atoms with Crippen LogP contribution in [-0.4, -0.2) is 46.7 Å². The lowest BCUT2D eigenvalue weighted by Crippen LogP contribution is -2.25. The molecule has 0 unspecified atom stereocenters. The maximum Gasteiger partial charge on any atom is 0.455 e. The van der Waals surface area contributed by atoms with Gasteiger partial charge in [0.2, 0.25) is 0 Å². The Morgan fingerprint density at radius 3 is 2.52 bits per heavy atom. The van der Waals surface area contributed by atoms with Gasteiger partial charge in [0, 0.05) is 29.7 Å². The normalized spacial score (nSPS) is 11.5. The van der Waals surface area contributed by atoms with Crippen molar-refractivity contribution in [1.29, 1.82) is 0 Å². The van der Waals surface area contributed by atoms with Crippen LogP contribution in [0.15, 0.2) is 60.8 Å². The first-order chi connectivity index (χ1) is 20.9. The fraction of sp³-hybridized carbons (Fsp3) is 0.179. The molecule has 0 saturated heterocycles. The standard InChI is InChI=1S/C28H20Cl2F4N8O2/c1-15-20(19(7-8-22(15)31)26(44)36-13-16-4-2-5-17(29)10-16)12-24(43)23-11-18(14-41-39-27(37-40-41)28(32,33)34)38-42(23)25-21(30)6-3-9-35-25/h2-11H,12-14H2,1H3,(H,36,44). The summed E-state index contributed by atoms with van der Waals surface area (Å²) < 4.78 is 54.7. The van der Waals surface area contributed by atoms with Crippen molar-refractivity contribution in [3.63, 3.8) is 0 Å². The van der Waals surface area contributed by atoms with Gasteiger partial charge < -0.3 is 5.32 Å². The van der Waals surface area contributed by atoms with Gasteiger partial charge in [0.15, 0.2) is 11.6 Å². The highest BCUT2D eigenvalue weighted by molar-refractivity contribution is 6.32. The predicted octanol–water partition coefficient (Wildman–Crippen LogP) is 5.43. The van der Waals surface area contributed by atoms with E-state index in [4.69, 9.17) is 23.2 Å². The highest BCUT2D eigenvalue weighted by atomic mass is 35.5. The van der Waals surface area contributed by atoms with Crippen molar-refractivity contribution >= 4 is 34.9 Å². The van der Waals surface area contributed by atoms with Gasteiger partial charge in [-0.1, -0.05) is 35.3 Å². The number of rotatable bonds is 9. The van der Waals surface area contributed by atoms with Crippen LogP contribution in [0.1, 0.15) is 49.1 Å². The second kappa shape index (κ2) is 12.5. The van der Waals surface area contributed by atoms with Gasteiger partial charge in [-0.2, -0.15) is 23.1 Å². The van der Waals surface area contributed by atoms with Crippen molar-refractivity contribution in [2.45, 2.75) is 32.6 Å². The van der Waals surface area contributed by atoms with Crippen LogP contribution in [0.2, 0.25) is 10.0 Å². The van der Waals surface area contributed by atoms with Crippen LogP contribution in [-0.2, 0) is 25.7 Å². The first kappa shape index (κ1) is 30.8. The topological polar surface area (TPSA) is 120 Å². The number of Topliss-reactive ketones (excluding diaryl/α,β-unsaturated/α-hetero) is 1. The Morgan fingerprint density at radius 1 is 1.02 bits per heavy atom. The molecule has 16 heteroatoms. The fourth-order valence-corrected chi connectivity index (χ4v) is 4.73. The zero-order valence-corrected chi connectivity index (χ0v) is 24.1. The van der Waals surface area contributed by atoms with E-state index in [1.165, 1.54) is 31.3 Å². The third-order valence-electron chi connectivity index (χ3n) is 6.45. The number of nitrogens with one attached hydrogen (secondary N) is 1. The van der Waals surface area contributed by atoms with E-state index in [9.17, 15) is 27.2 Å². The minimum Gasteiger partial charge on any atom is -0.348 e. The van der Waals surface area contributed by atoms with E-state index >= 15 is 0 Å². The molecule has 1 N–H and O–H groups in total. The number of pyridine rings is 1. The van der Waals surface area contributed by atoms with Gasteiger partial charge in [0.05, 0.1) is 10.7 Å². The number of aromatic nitrogens is 7. The quantitative estimate of drug-likeness (QED) is 0.167. The van der Waals surface area contributed by atoms with Gasteiger partial charge in [-0.3, -0.25) is 9.59 Å². The Bertz CT molecular complexity index is 1870. The average molecular weight is 647 g/mol. The van der Waals surface area contributed by atoms with E-state index in [-0.39, 0.29) is 52.0 Å². The van der Waals surface area contributed by atoms with Gasteiger partial charge in [0.1, 0.15) is 18.1 Å². The number of tetrazole rings is 1. The second-order valence-corrected chi connectivity index (χ2v) is 10.3. The van der Waals surface area contributed by atoms with Crippen molar-refractivity contribution in [2.75, 3.05) is 0 Å². The molecule has 0 aliphatic heterocycles. The van der Waals surface area contributed by atoms with Crippen LogP contribution in [0.3, 0.4) is 0 Å². The lowest BCUT2D eigenvalue weighted by atomic mass is 9.95. The molecule has 2 aromatic carbocycles. The smallest absolute Gasteiger partial charge is 0.348 e. The molecule has 3 aromatic heterocycles. The number of hydrogen-bond acceptors (Lipinski definition) is 7. The van der Waals surface area contributed by atoms with Gasteiger partial charge in [-0.05, 0) is 71.3 Å². The number of alkyl halides is 3. The largest absolute Gasteiger partial charge is 0.455 e. The van der Waals surface area contributed by atoms with Crippen molar-refractivity contribution in [2.24, 2.45) is 0 Å². The van der Waals surface area contributed by atoms with Crippen molar-refractivity contribution in [3.05, 3.63) is 116 Å². The summed E-state index contributed by atoms with van der Waals surface area (Å²) in [6.07, 6.45) is -3.83. The Kier molecular flexibility index (Phi) is 8.74. The van der Waals surface area contributed by atoms with Crippen LogP contribution in [0, 0.1) is 12.7 Å². The maximum absolute atomic E-state index is 14.7. The minimum absolute atomic E-state index is 0.0572. The number of carbonyl (C=O) groups excluding carboxylic acids is 2. The zero-order chi connectivity index (χ0) is 31.6. The molecule has 0 bridgehead atoms. The molecule has 0 aliphatic carbocycles. The second-order valence-electron chi connectivity index (χ2n) is 9.49. The molecule has 3 heterocycles. The average Bonchev–Trinajstić information content (AvgIpc) is 3.62. The van der Waals surface area contributed by atoms with Crippen LogP contribution >= 0.6 is 23.2 Å². The Balaban J connectivity index is 1.47. The Hall–Kier alpha value is -4.69. The molecular formula is C28H20Cl2F4N8O2. The maximum atomic E-state index is 14.7. The summed E-state index contributed by atoms with van der Waals surface area (Å²) in [4.78, 5) is 31.8. The zero-order valence-electron chi connectivity index (χ0n) is 22.6. The lowest BCUT2D eigenvalue weighted by Gasteiger charge is -2.14. The molecule has 0 aliphatic rings. The molecule has 0 fully saturated rings. The molecule has 0 spiro atoms. The summed E-state index contributed by atoms with van der Waals surface area (Å²) in [7, 11) is 0. The number of amides is 1. The van der Waals surface area contributed by atoms with Crippen LogP contribution < -0.4 is 5.32 Å². The number of nitrogens with zero attached hydrogens (tertiary/aromatic N) is 7. The van der Waals surface area contributed by atoms with E-state index in [0.29, 0.717) is 9.82 Å². The summed E-state index contributed by atoms with van der Waals surface area (Å²) in [5, 5.41) is 17.4. The SMILES string of the molecule is Cc1c(F)ccc(C(=O)NCc2cccc(Cl)c2)c1CC(=O)c1cc(Cn2nnc(C(F)(F)F)n2)nn1-c1ncccc1Cl. The van der Waals surface area contributed by atoms with Gasteiger partial charge in [-0.25, -0.2) is 14.1 Å². The van der Waals surface area contributed by atoms with Crippen LogP contribution in [0.4, 0.5) is 17.6 Å². The van der Waals surface area contributed by atoms with Gasteiger partial charge in [-0.15, -0.1) is 10.2 Å². The Labute approximate surface area is 256 Å². The van der Waals surface area contributed by atoms with Crippen molar-refractivity contribution < 1.29 is 27.2 Å². The fourth-order valence-electron chi connectivity index (χ4n) is 4.31. The highest BCUT2D eigenvalue weighted by Gasteiger charge is 2.37. The first-order valence-electron chi connectivity index (χ1n) is 12.8. The molecule has 10 nitrogen and oxygen atoms in total. The van der Waals surface area contributed by atoms with Crippen LogP contribution in [0.25, 0.3) is 5.82 Å². The molecule has 0 saturated carbocycles. The first-order valence-corrected chi connectivity index (χ1v) is 13.5. The number of halogens is 6. The molecule has 0 radical (unpaired) electrons. The third kappa shape index (κ3) is 6.76. The number of hydrogen-bond donors (Lipinski definition) is 1. The summed E-state index contributed by atoms with van der Waals surface area (Å²) >= 11 is 12.3. The van der Waals surface area contributed by atoms with E-state index < -0.39 is 35.9 Å². The van der Waals surface area contributed by atoms with E-state index in [2.05, 4.69) is 30.8 Å². The molecule has 5 aromatic rings. The molecule has 1 amide bonds. The Morgan fingerprint density at radius 2 is 1.82 bits per heavy atom. The van der Waals surface area contributed by atoms with E-state index in [1.54, 1.807) is 30.3 Å². The summed E-state index contributed by atoms with van der Waals surface area (Å²) in [6.45, 7) is 1.19. The molecule has 226 valence electrons.